The van der Waals surface area contributed by atoms with Crippen LogP contribution >= 0.6 is 23.2 Å². The maximum Gasteiger partial charge on any atom is 0.340 e. The normalized spacial score (nSPS) is 14.8. The lowest BCUT2D eigenvalue weighted by atomic mass is 9.77. The highest BCUT2D eigenvalue weighted by Gasteiger charge is 2.55. The molecule has 0 unspecified atom stereocenters. The quantitative estimate of drug-likeness (QED) is 0.486. The van der Waals surface area contributed by atoms with Crippen LogP contribution in [0.1, 0.15) is 32.6 Å². The van der Waals surface area contributed by atoms with Crippen LogP contribution in [0.2, 0.25) is 10.0 Å². The van der Waals surface area contributed by atoms with Gasteiger partial charge in [0, 0.05) is 5.56 Å². The highest BCUT2D eigenvalue weighted by Crippen LogP contribution is 2.63. The maximum absolute atomic E-state index is 13.0. The summed E-state index contributed by atoms with van der Waals surface area (Å²) < 4.78 is 22.6. The van der Waals surface area contributed by atoms with Crippen molar-refractivity contribution in [1.29, 1.82) is 0 Å². The molecule has 32 heavy (non-hydrogen) atoms. The van der Waals surface area contributed by atoms with Crippen LogP contribution in [-0.4, -0.2) is 30.4 Å². The van der Waals surface area contributed by atoms with Gasteiger partial charge >= 0.3 is 5.97 Å². The summed E-state index contributed by atoms with van der Waals surface area (Å²) in [5.74, 6) is -1.10. The standard InChI is InChI=1S/C23H16Cl2O7/c1-9-4-5-11-10(6-9)22(28)32-23(11)12-7-14(29-2)18(26)16(24)20(12)31-21-13(23)8-15(30-3)19(27)17(21)25/h4-8,26-27H,1-3H3. The Balaban J connectivity index is 1.97. The highest BCUT2D eigenvalue weighted by molar-refractivity contribution is 6.35. The van der Waals surface area contributed by atoms with E-state index in [1.165, 1.54) is 26.4 Å². The summed E-state index contributed by atoms with van der Waals surface area (Å²) >= 11 is 12.9. The van der Waals surface area contributed by atoms with E-state index in [4.69, 9.17) is 42.1 Å². The second-order valence-electron chi connectivity index (χ2n) is 7.46. The zero-order chi connectivity index (χ0) is 22.9. The van der Waals surface area contributed by atoms with E-state index in [1.807, 2.05) is 13.0 Å². The number of carbonyl (C=O) groups excluding carboxylic acids is 1. The van der Waals surface area contributed by atoms with Crippen LogP contribution in [0.25, 0.3) is 0 Å². The smallest absolute Gasteiger partial charge is 0.340 e. The van der Waals surface area contributed by atoms with Crippen LogP contribution in [0.15, 0.2) is 30.3 Å². The predicted octanol–water partition coefficient (Wildman–Crippen LogP) is 5.30. The van der Waals surface area contributed by atoms with Gasteiger partial charge in [0.05, 0.1) is 30.9 Å². The van der Waals surface area contributed by atoms with Crippen molar-refractivity contribution in [2.24, 2.45) is 0 Å². The number of rotatable bonds is 2. The van der Waals surface area contributed by atoms with E-state index in [9.17, 15) is 15.0 Å². The van der Waals surface area contributed by atoms with Crippen LogP contribution in [0, 0.1) is 6.92 Å². The number of fused-ring (bicyclic) bond motifs is 6. The lowest BCUT2D eigenvalue weighted by Gasteiger charge is -2.37. The van der Waals surface area contributed by atoms with Gasteiger partial charge in [-0.1, -0.05) is 40.9 Å². The molecule has 3 aromatic rings. The Morgan fingerprint density at radius 2 is 1.41 bits per heavy atom. The number of methoxy groups -OCH3 is 2. The molecule has 164 valence electrons. The van der Waals surface area contributed by atoms with E-state index < -0.39 is 11.6 Å². The fraction of sp³-hybridized carbons (Fsp3) is 0.174. The molecule has 0 aromatic heterocycles. The number of benzene rings is 3. The monoisotopic (exact) mass is 474 g/mol. The van der Waals surface area contributed by atoms with Gasteiger partial charge in [-0.15, -0.1) is 0 Å². The molecule has 2 N–H and O–H groups in total. The van der Waals surface area contributed by atoms with Crippen molar-refractivity contribution in [3.63, 3.8) is 0 Å². The number of aromatic hydroxyl groups is 2. The van der Waals surface area contributed by atoms with Crippen molar-refractivity contribution in [2.75, 3.05) is 14.2 Å². The molecule has 0 radical (unpaired) electrons. The lowest BCUT2D eigenvalue weighted by molar-refractivity contribution is 0.0222. The van der Waals surface area contributed by atoms with Crippen molar-refractivity contribution in [3.05, 3.63) is 68.2 Å². The lowest BCUT2D eigenvalue weighted by Crippen LogP contribution is -2.33. The SMILES string of the molecule is COc1cc2c(c(Cl)c1O)Oc1c(cc(OC)c(O)c1Cl)C21OC(=O)c2cc(C)ccc21. The molecule has 0 bridgehead atoms. The van der Waals surface area contributed by atoms with E-state index in [2.05, 4.69) is 0 Å². The summed E-state index contributed by atoms with van der Waals surface area (Å²) in [4.78, 5) is 13.0. The van der Waals surface area contributed by atoms with Gasteiger partial charge in [0.15, 0.2) is 40.1 Å². The summed E-state index contributed by atoms with van der Waals surface area (Å²) in [6.45, 7) is 1.86. The molecule has 7 nitrogen and oxygen atoms in total. The van der Waals surface area contributed by atoms with Crippen molar-refractivity contribution in [3.8, 4) is 34.5 Å². The minimum absolute atomic E-state index is 0.0187. The van der Waals surface area contributed by atoms with Crippen LogP contribution in [0.3, 0.4) is 0 Å². The first-order valence-corrected chi connectivity index (χ1v) is 10.2. The number of phenols is 2. The van der Waals surface area contributed by atoms with Gasteiger partial charge in [-0.05, 0) is 25.1 Å². The second kappa shape index (κ2) is 6.85. The minimum Gasteiger partial charge on any atom is -0.503 e. The second-order valence-corrected chi connectivity index (χ2v) is 8.21. The molecule has 2 aliphatic rings. The molecule has 0 saturated carbocycles. The number of esters is 1. The summed E-state index contributed by atoms with van der Waals surface area (Å²) in [7, 11) is 2.75. The molecule has 9 heteroatoms. The molecule has 0 amide bonds. The number of carbonyl (C=O) groups is 1. The molecular formula is C23H16Cl2O7. The Morgan fingerprint density at radius 3 is 1.91 bits per heavy atom. The summed E-state index contributed by atoms with van der Waals surface area (Å²) in [5.41, 5.74) is 0.849. The molecule has 2 aliphatic heterocycles. The van der Waals surface area contributed by atoms with Crippen molar-refractivity contribution < 1.29 is 34.0 Å². The zero-order valence-electron chi connectivity index (χ0n) is 17.1. The number of hydrogen-bond donors (Lipinski definition) is 2. The first-order valence-electron chi connectivity index (χ1n) is 9.46. The molecule has 0 fully saturated rings. The molecule has 2 heterocycles. The number of hydrogen-bond acceptors (Lipinski definition) is 7. The Kier molecular flexibility index (Phi) is 4.41. The van der Waals surface area contributed by atoms with Crippen LogP contribution in [0.4, 0.5) is 0 Å². The van der Waals surface area contributed by atoms with Gasteiger partial charge in [-0.3, -0.25) is 0 Å². The molecule has 5 rings (SSSR count). The van der Waals surface area contributed by atoms with Gasteiger partial charge in [0.25, 0.3) is 0 Å². The molecule has 0 saturated heterocycles. The Morgan fingerprint density at radius 1 is 0.875 bits per heavy atom. The van der Waals surface area contributed by atoms with E-state index in [-0.39, 0.29) is 44.5 Å². The van der Waals surface area contributed by atoms with Gasteiger partial charge in [0.2, 0.25) is 0 Å². The molecule has 0 atom stereocenters. The van der Waals surface area contributed by atoms with E-state index >= 15 is 0 Å². The van der Waals surface area contributed by atoms with E-state index in [1.54, 1.807) is 12.1 Å². The first kappa shape index (κ1) is 20.6. The summed E-state index contributed by atoms with van der Waals surface area (Å²) in [6, 6.07) is 8.33. The Labute approximate surface area is 192 Å². The highest BCUT2D eigenvalue weighted by atomic mass is 35.5. The van der Waals surface area contributed by atoms with Gasteiger partial charge in [-0.2, -0.15) is 0 Å². The third kappa shape index (κ3) is 2.46. The van der Waals surface area contributed by atoms with Crippen LogP contribution in [0.5, 0.6) is 34.5 Å². The molecule has 1 spiro atoms. The molecular weight excluding hydrogens is 459 g/mol. The van der Waals surface area contributed by atoms with Crippen LogP contribution < -0.4 is 14.2 Å². The predicted molar refractivity (Wildman–Crippen MR) is 116 cm³/mol. The number of ether oxygens (including phenoxy) is 4. The maximum atomic E-state index is 13.0. The van der Waals surface area contributed by atoms with Crippen LogP contribution in [-0.2, 0) is 10.3 Å². The van der Waals surface area contributed by atoms with Gasteiger partial charge in [-0.25, -0.2) is 4.79 Å². The van der Waals surface area contributed by atoms with Gasteiger partial charge < -0.3 is 29.2 Å². The van der Waals surface area contributed by atoms with Crippen molar-refractivity contribution in [2.45, 2.75) is 12.5 Å². The summed E-state index contributed by atoms with van der Waals surface area (Å²) in [5, 5.41) is 20.6. The van der Waals surface area contributed by atoms with E-state index in [0.717, 1.165) is 5.56 Å². The fourth-order valence-corrected chi connectivity index (χ4v) is 4.73. The zero-order valence-corrected chi connectivity index (χ0v) is 18.6. The van der Waals surface area contributed by atoms with E-state index in [0.29, 0.717) is 22.3 Å². The summed E-state index contributed by atoms with van der Waals surface area (Å²) in [6.07, 6.45) is 0. The third-order valence-electron chi connectivity index (χ3n) is 5.74. The largest absolute Gasteiger partial charge is 0.503 e. The Hall–Kier alpha value is -3.29. The number of halogens is 2. The van der Waals surface area contributed by atoms with Crippen molar-refractivity contribution in [1.82, 2.24) is 0 Å². The third-order valence-corrected chi connectivity index (χ3v) is 6.45. The fourth-order valence-electron chi connectivity index (χ4n) is 4.26. The first-order chi connectivity index (χ1) is 15.2. The molecule has 0 aliphatic carbocycles. The minimum atomic E-state index is -1.54. The van der Waals surface area contributed by atoms with Crippen molar-refractivity contribution >= 4 is 29.2 Å². The average molecular weight is 475 g/mol. The van der Waals surface area contributed by atoms with Gasteiger partial charge in [0.1, 0.15) is 10.0 Å². The number of aryl methyl sites for hydroxylation is 1. The topological polar surface area (TPSA) is 94.5 Å². The number of phenolic OH excluding ortho intramolecular Hbond substituents is 2. The molecule has 3 aromatic carbocycles. The average Bonchev–Trinajstić information content (AvgIpc) is 3.06. The Bertz CT molecular complexity index is 1270.